The number of aromatic nitrogens is 1. The van der Waals surface area contributed by atoms with Crippen LogP contribution in [0.4, 0.5) is 18.9 Å². The molecule has 3 heterocycles. The molecule has 166 valence electrons. The highest BCUT2D eigenvalue weighted by Gasteiger charge is 2.38. The third kappa shape index (κ3) is 3.89. The molecule has 6 nitrogen and oxygen atoms in total. The van der Waals surface area contributed by atoms with Gasteiger partial charge in [-0.05, 0) is 18.2 Å². The lowest BCUT2D eigenvalue weighted by Crippen LogP contribution is -2.23. The summed E-state index contributed by atoms with van der Waals surface area (Å²) in [6.45, 7) is 0. The van der Waals surface area contributed by atoms with Gasteiger partial charge in [0.1, 0.15) is 11.4 Å². The van der Waals surface area contributed by atoms with E-state index in [0.29, 0.717) is 5.56 Å². The van der Waals surface area contributed by atoms with E-state index in [4.69, 9.17) is 0 Å². The van der Waals surface area contributed by atoms with Gasteiger partial charge in [-0.2, -0.15) is 0 Å². The van der Waals surface area contributed by atoms with E-state index in [0.717, 1.165) is 10.1 Å². The Kier molecular flexibility index (Phi) is 5.01. The molecule has 2 aromatic carbocycles. The highest BCUT2D eigenvalue weighted by atomic mass is 32.1. The number of alkyl halides is 3. The Morgan fingerprint density at radius 1 is 1.09 bits per heavy atom. The third-order valence-corrected chi connectivity index (χ3v) is 6.16. The maximum Gasteiger partial charge on any atom is 0.573 e. The molecule has 1 unspecified atom stereocenters. The number of nitrogens with one attached hydrogen (secondary N) is 2. The van der Waals surface area contributed by atoms with Crippen LogP contribution >= 0.6 is 11.3 Å². The number of hydrogen-bond acceptors (Lipinski definition) is 5. The number of benzene rings is 2. The molecule has 1 aliphatic heterocycles. The molecule has 1 atom stereocenters. The van der Waals surface area contributed by atoms with Crippen LogP contribution in [0.1, 0.15) is 38.0 Å². The number of thiophene rings is 1. The maximum absolute atomic E-state index is 13.1. The zero-order valence-electron chi connectivity index (χ0n) is 16.6. The number of ether oxygens (including phenoxy) is 1. The van der Waals surface area contributed by atoms with E-state index >= 15 is 0 Å². The van der Waals surface area contributed by atoms with Gasteiger partial charge in [-0.25, -0.2) is 0 Å². The number of nitrogens with zero attached hydrogens (tertiary/aromatic N) is 1. The van der Waals surface area contributed by atoms with Crippen LogP contribution in [0, 0.1) is 0 Å². The first-order valence-electron chi connectivity index (χ1n) is 9.74. The molecule has 0 spiro atoms. The van der Waals surface area contributed by atoms with Crippen LogP contribution in [0.5, 0.6) is 5.75 Å². The predicted octanol–water partition coefficient (Wildman–Crippen LogP) is 5.28. The largest absolute Gasteiger partial charge is 0.573 e. The van der Waals surface area contributed by atoms with Crippen molar-refractivity contribution in [1.29, 1.82) is 0 Å². The minimum Gasteiger partial charge on any atom is -0.405 e. The van der Waals surface area contributed by atoms with Gasteiger partial charge in [0.2, 0.25) is 0 Å². The summed E-state index contributed by atoms with van der Waals surface area (Å²) >= 11 is 1.42. The van der Waals surface area contributed by atoms with Crippen molar-refractivity contribution in [3.05, 3.63) is 88.6 Å². The van der Waals surface area contributed by atoms with Crippen LogP contribution in [0.2, 0.25) is 0 Å². The van der Waals surface area contributed by atoms with E-state index in [-0.39, 0.29) is 22.5 Å². The van der Waals surface area contributed by atoms with E-state index < -0.39 is 30.0 Å². The van der Waals surface area contributed by atoms with E-state index in [1.165, 1.54) is 47.9 Å². The lowest BCUT2D eigenvalue weighted by atomic mass is 9.98. The van der Waals surface area contributed by atoms with Crippen molar-refractivity contribution in [2.24, 2.45) is 0 Å². The highest BCUT2D eigenvalue weighted by molar-refractivity contribution is 7.17. The number of pyridine rings is 1. The van der Waals surface area contributed by atoms with Crippen LogP contribution in [-0.2, 0) is 0 Å². The van der Waals surface area contributed by atoms with Crippen molar-refractivity contribution in [3.63, 3.8) is 0 Å². The molecular formula is C23H14F3N3O3S. The lowest BCUT2D eigenvalue weighted by molar-refractivity contribution is -0.274. The number of halogens is 3. The second-order valence-corrected chi connectivity index (χ2v) is 8.12. The van der Waals surface area contributed by atoms with Crippen molar-refractivity contribution in [2.45, 2.75) is 12.4 Å². The van der Waals surface area contributed by atoms with Gasteiger partial charge in [0.05, 0.1) is 17.3 Å². The maximum atomic E-state index is 13.1. The molecule has 0 saturated heterocycles. The lowest BCUT2D eigenvalue weighted by Gasteiger charge is -2.20. The van der Waals surface area contributed by atoms with Gasteiger partial charge in [0.25, 0.3) is 11.8 Å². The van der Waals surface area contributed by atoms with E-state index in [1.54, 1.807) is 5.38 Å². The summed E-state index contributed by atoms with van der Waals surface area (Å²) in [6.07, 6.45) is -3.55. The normalized spacial score (nSPS) is 15.2. The molecule has 0 fully saturated rings. The average Bonchev–Trinajstić information content (AvgIpc) is 3.35. The molecule has 0 aliphatic carbocycles. The van der Waals surface area contributed by atoms with Crippen molar-refractivity contribution in [1.82, 2.24) is 10.3 Å². The van der Waals surface area contributed by atoms with Gasteiger partial charge in [-0.1, -0.05) is 36.4 Å². The Morgan fingerprint density at radius 2 is 1.85 bits per heavy atom. The molecule has 1 aliphatic rings. The Hall–Kier alpha value is -3.92. The average molecular weight is 469 g/mol. The minimum atomic E-state index is -4.91. The first kappa shape index (κ1) is 21.0. The fraction of sp³-hybridized carbons (Fsp3) is 0.0870. The molecule has 4 aromatic rings. The third-order valence-electron chi connectivity index (χ3n) is 5.20. The quantitative estimate of drug-likeness (QED) is 0.426. The molecule has 0 saturated carbocycles. The summed E-state index contributed by atoms with van der Waals surface area (Å²) in [4.78, 5) is 29.7. The first-order chi connectivity index (χ1) is 15.8. The summed E-state index contributed by atoms with van der Waals surface area (Å²) in [5.74, 6) is -1.42. The minimum absolute atomic E-state index is 0.0230. The summed E-state index contributed by atoms with van der Waals surface area (Å²) in [7, 11) is 0. The summed E-state index contributed by atoms with van der Waals surface area (Å²) in [6, 6.07) is 13.5. The number of anilines is 1. The van der Waals surface area contributed by atoms with Crippen LogP contribution in [0.3, 0.4) is 0 Å². The standard InChI is InChI=1S/C23H14F3N3O3S/c24-23(25,26)32-16-7-3-1-6-13(16)19-18-15(9-10-27-20(18)22(31)29-19)28-21(30)14-11-33-17-8-4-2-5-12(14)17/h1-11,19H,(H,29,31)(H,27,28,30). The zero-order chi connectivity index (χ0) is 23.2. The van der Waals surface area contributed by atoms with Crippen LogP contribution in [0.15, 0.2) is 66.2 Å². The number of carbonyl (C=O) groups excluding carboxylic acids is 2. The van der Waals surface area contributed by atoms with Gasteiger partial charge in [-0.3, -0.25) is 14.6 Å². The number of rotatable bonds is 4. The van der Waals surface area contributed by atoms with E-state index in [9.17, 15) is 22.8 Å². The first-order valence-corrected chi connectivity index (χ1v) is 10.6. The van der Waals surface area contributed by atoms with Crippen molar-refractivity contribution in [3.8, 4) is 5.75 Å². The van der Waals surface area contributed by atoms with Crippen molar-refractivity contribution < 1.29 is 27.5 Å². The molecule has 2 aromatic heterocycles. The molecule has 0 radical (unpaired) electrons. The monoisotopic (exact) mass is 469 g/mol. The number of fused-ring (bicyclic) bond motifs is 2. The predicted molar refractivity (Wildman–Crippen MR) is 116 cm³/mol. The Balaban J connectivity index is 1.55. The molecular weight excluding hydrogens is 455 g/mol. The Labute approximate surface area is 189 Å². The molecule has 5 rings (SSSR count). The van der Waals surface area contributed by atoms with Gasteiger partial charge < -0.3 is 15.4 Å². The van der Waals surface area contributed by atoms with Gasteiger partial charge in [0.15, 0.2) is 0 Å². The smallest absolute Gasteiger partial charge is 0.405 e. The fourth-order valence-electron chi connectivity index (χ4n) is 3.84. The number of para-hydroxylation sites is 1. The summed E-state index contributed by atoms with van der Waals surface area (Å²) in [5.41, 5.74) is 1.11. The van der Waals surface area contributed by atoms with Crippen LogP contribution < -0.4 is 15.4 Å². The highest BCUT2D eigenvalue weighted by Crippen LogP contribution is 2.40. The fourth-order valence-corrected chi connectivity index (χ4v) is 4.78. The molecule has 2 amide bonds. The Morgan fingerprint density at radius 3 is 2.67 bits per heavy atom. The molecule has 33 heavy (non-hydrogen) atoms. The van der Waals surface area contributed by atoms with Crippen LogP contribution in [0.25, 0.3) is 10.1 Å². The second-order valence-electron chi connectivity index (χ2n) is 7.21. The van der Waals surface area contributed by atoms with Gasteiger partial charge in [-0.15, -0.1) is 24.5 Å². The van der Waals surface area contributed by atoms with Crippen molar-refractivity contribution >= 4 is 38.9 Å². The SMILES string of the molecule is O=C1NC(c2ccccc2OC(F)(F)F)c2c(NC(=O)c3csc4ccccc34)ccnc21. The Bertz CT molecular complexity index is 1400. The molecule has 10 heteroatoms. The van der Waals surface area contributed by atoms with E-state index in [2.05, 4.69) is 20.4 Å². The molecule has 2 N–H and O–H groups in total. The van der Waals surface area contributed by atoms with Gasteiger partial charge >= 0.3 is 6.36 Å². The van der Waals surface area contributed by atoms with Crippen LogP contribution in [-0.4, -0.2) is 23.2 Å². The van der Waals surface area contributed by atoms with Crippen molar-refractivity contribution in [2.75, 3.05) is 5.32 Å². The number of carbonyl (C=O) groups is 2. The summed E-state index contributed by atoms with van der Waals surface area (Å²) < 4.78 is 43.9. The molecule has 0 bridgehead atoms. The second kappa shape index (κ2) is 7.89. The number of amides is 2. The summed E-state index contributed by atoms with van der Waals surface area (Å²) in [5, 5.41) is 7.95. The number of hydrogen-bond donors (Lipinski definition) is 2. The topological polar surface area (TPSA) is 80.3 Å². The van der Waals surface area contributed by atoms with E-state index in [1.807, 2.05) is 24.3 Å². The van der Waals surface area contributed by atoms with Gasteiger partial charge in [0, 0.05) is 32.8 Å². The zero-order valence-corrected chi connectivity index (χ0v) is 17.5.